The molecule has 0 aromatic carbocycles. The van der Waals surface area contributed by atoms with E-state index in [1.807, 2.05) is 19.1 Å². The summed E-state index contributed by atoms with van der Waals surface area (Å²) in [4.78, 5) is 20.2. The lowest BCUT2D eigenvalue weighted by Gasteiger charge is -2.28. The van der Waals surface area contributed by atoms with Gasteiger partial charge in [0.2, 0.25) is 15.9 Å². The lowest BCUT2D eigenvalue weighted by Crippen LogP contribution is -2.50. The van der Waals surface area contributed by atoms with Crippen molar-refractivity contribution < 1.29 is 17.9 Å². The van der Waals surface area contributed by atoms with Gasteiger partial charge in [-0.3, -0.25) is 14.7 Å². The summed E-state index contributed by atoms with van der Waals surface area (Å²) < 4.78 is 32.5. The van der Waals surface area contributed by atoms with Crippen LogP contribution in [0.3, 0.4) is 0 Å². The average Bonchev–Trinajstić information content (AvgIpc) is 2.91. The molecular weight excluding hydrogens is 356 g/mol. The van der Waals surface area contributed by atoms with Gasteiger partial charge in [-0.15, -0.1) is 0 Å². The fourth-order valence-electron chi connectivity index (χ4n) is 3.42. The van der Waals surface area contributed by atoms with Gasteiger partial charge in [-0.05, 0) is 18.6 Å². The lowest BCUT2D eigenvalue weighted by atomic mass is 10.2. The van der Waals surface area contributed by atoms with Crippen LogP contribution in [0, 0.1) is 6.92 Å². The van der Waals surface area contributed by atoms with E-state index in [1.54, 1.807) is 20.3 Å². The van der Waals surface area contributed by atoms with Crippen LogP contribution in [0.25, 0.3) is 0 Å². The normalized spacial score (nSPS) is 26.3. The highest BCUT2D eigenvalue weighted by atomic mass is 32.2. The molecule has 1 aromatic heterocycles. The van der Waals surface area contributed by atoms with E-state index in [2.05, 4.69) is 9.88 Å². The van der Waals surface area contributed by atoms with Gasteiger partial charge in [0, 0.05) is 39.9 Å². The van der Waals surface area contributed by atoms with Crippen LogP contribution >= 0.6 is 0 Å². The van der Waals surface area contributed by atoms with Crippen molar-refractivity contribution in [3.05, 3.63) is 29.6 Å². The van der Waals surface area contributed by atoms with Crippen molar-refractivity contribution in [1.29, 1.82) is 0 Å². The minimum absolute atomic E-state index is 0.0833. The zero-order valence-corrected chi connectivity index (χ0v) is 16.3. The Bertz CT molecular complexity index is 768. The van der Waals surface area contributed by atoms with E-state index in [-0.39, 0.29) is 37.0 Å². The number of carbonyl (C=O) groups excluding carboxylic acids is 1. The van der Waals surface area contributed by atoms with Gasteiger partial charge in [0.25, 0.3) is 0 Å². The number of hydrogen-bond donors (Lipinski definition) is 0. The molecule has 2 saturated heterocycles. The van der Waals surface area contributed by atoms with E-state index < -0.39 is 10.0 Å². The highest BCUT2D eigenvalue weighted by Crippen LogP contribution is 2.26. The predicted molar refractivity (Wildman–Crippen MR) is 97.0 cm³/mol. The number of aryl methyl sites for hydroxylation is 1. The number of amides is 1. The standard InChI is InChI=1S/C17H26N4O4S/c1-13-5-4-6-18-14(13)9-20-10-15-16(11-20)25-7-8-26(23,24)21(15)12-17(22)19(2)3/h4-6,15-16H,7-12H2,1-3H3/t15-,16+/m1/s1. The summed E-state index contributed by atoms with van der Waals surface area (Å²) in [6, 6.07) is 3.56. The summed E-state index contributed by atoms with van der Waals surface area (Å²) in [5.41, 5.74) is 2.08. The topological polar surface area (TPSA) is 83.0 Å². The number of likely N-dealkylation sites (N-methyl/N-ethyl adjacent to an activating group) is 1. The van der Waals surface area contributed by atoms with Gasteiger partial charge in [-0.1, -0.05) is 6.07 Å². The van der Waals surface area contributed by atoms with Gasteiger partial charge in [0.1, 0.15) is 0 Å². The first kappa shape index (κ1) is 19.2. The minimum Gasteiger partial charge on any atom is -0.374 e. The molecule has 2 fully saturated rings. The molecule has 0 N–H and O–H groups in total. The van der Waals surface area contributed by atoms with Crippen molar-refractivity contribution >= 4 is 15.9 Å². The van der Waals surface area contributed by atoms with E-state index in [0.29, 0.717) is 19.6 Å². The maximum Gasteiger partial charge on any atom is 0.237 e. The Morgan fingerprint density at radius 3 is 2.85 bits per heavy atom. The Balaban J connectivity index is 1.79. The van der Waals surface area contributed by atoms with Crippen molar-refractivity contribution in [3.8, 4) is 0 Å². The van der Waals surface area contributed by atoms with Crippen LogP contribution in [0.15, 0.2) is 18.3 Å². The Labute approximate surface area is 154 Å². The zero-order valence-electron chi connectivity index (χ0n) is 15.5. The third-order valence-electron chi connectivity index (χ3n) is 4.99. The van der Waals surface area contributed by atoms with Crippen LogP contribution in [-0.2, 0) is 26.1 Å². The van der Waals surface area contributed by atoms with Crippen LogP contribution in [0.1, 0.15) is 11.3 Å². The third kappa shape index (κ3) is 4.06. The molecule has 0 saturated carbocycles. The Morgan fingerprint density at radius 2 is 2.15 bits per heavy atom. The van der Waals surface area contributed by atoms with Crippen molar-refractivity contribution in [2.75, 3.05) is 46.1 Å². The van der Waals surface area contributed by atoms with Crippen molar-refractivity contribution in [1.82, 2.24) is 19.1 Å². The fraction of sp³-hybridized carbons (Fsp3) is 0.647. The summed E-state index contributed by atoms with van der Waals surface area (Å²) in [7, 11) is -0.268. The molecule has 0 radical (unpaired) electrons. The number of likely N-dealkylation sites (tertiary alicyclic amines) is 1. The van der Waals surface area contributed by atoms with Crippen LogP contribution in [0.4, 0.5) is 0 Å². The molecule has 9 heteroatoms. The van der Waals surface area contributed by atoms with Crippen molar-refractivity contribution in [3.63, 3.8) is 0 Å². The first-order chi connectivity index (χ1) is 12.3. The lowest BCUT2D eigenvalue weighted by molar-refractivity contribution is -0.129. The molecule has 0 unspecified atom stereocenters. The molecule has 2 atom stereocenters. The van der Waals surface area contributed by atoms with Crippen LogP contribution in [0.5, 0.6) is 0 Å². The molecule has 0 bridgehead atoms. The Hall–Kier alpha value is -1.55. The quantitative estimate of drug-likeness (QED) is 0.711. The number of sulfonamides is 1. The highest BCUT2D eigenvalue weighted by molar-refractivity contribution is 7.89. The van der Waals surface area contributed by atoms with E-state index in [0.717, 1.165) is 11.3 Å². The maximum absolute atomic E-state index is 12.7. The number of pyridine rings is 1. The van der Waals surface area contributed by atoms with Gasteiger partial charge in [-0.25, -0.2) is 8.42 Å². The molecule has 26 heavy (non-hydrogen) atoms. The van der Waals surface area contributed by atoms with Gasteiger partial charge in [0.05, 0.1) is 36.7 Å². The fourth-order valence-corrected chi connectivity index (χ4v) is 4.88. The highest BCUT2D eigenvalue weighted by Gasteiger charge is 2.45. The summed E-state index contributed by atoms with van der Waals surface area (Å²) in [6.07, 6.45) is 1.53. The van der Waals surface area contributed by atoms with Crippen LogP contribution in [-0.4, -0.2) is 91.6 Å². The van der Waals surface area contributed by atoms with E-state index in [1.165, 1.54) is 9.21 Å². The molecule has 3 heterocycles. The van der Waals surface area contributed by atoms with Crippen molar-refractivity contribution in [2.45, 2.75) is 25.6 Å². The Morgan fingerprint density at radius 1 is 1.38 bits per heavy atom. The maximum atomic E-state index is 12.7. The van der Waals surface area contributed by atoms with Crippen LogP contribution in [0.2, 0.25) is 0 Å². The second-order valence-electron chi connectivity index (χ2n) is 7.09. The van der Waals surface area contributed by atoms with Gasteiger partial charge < -0.3 is 9.64 Å². The largest absolute Gasteiger partial charge is 0.374 e. The zero-order chi connectivity index (χ0) is 18.9. The molecular formula is C17H26N4O4S. The van der Waals surface area contributed by atoms with Gasteiger partial charge in [-0.2, -0.15) is 4.31 Å². The second kappa shape index (κ2) is 7.59. The first-order valence-electron chi connectivity index (χ1n) is 8.72. The van der Waals surface area contributed by atoms with E-state index >= 15 is 0 Å². The monoisotopic (exact) mass is 382 g/mol. The summed E-state index contributed by atoms with van der Waals surface area (Å²) in [6.45, 7) is 3.82. The molecule has 2 aliphatic heterocycles. The average molecular weight is 382 g/mol. The first-order valence-corrected chi connectivity index (χ1v) is 10.3. The van der Waals surface area contributed by atoms with Crippen molar-refractivity contribution in [2.24, 2.45) is 0 Å². The minimum atomic E-state index is -3.53. The Kier molecular flexibility index (Phi) is 5.61. The number of aromatic nitrogens is 1. The van der Waals surface area contributed by atoms with Gasteiger partial charge >= 0.3 is 0 Å². The molecule has 8 nitrogen and oxygen atoms in total. The predicted octanol–water partition coefficient (Wildman–Crippen LogP) is -0.307. The number of nitrogens with zero attached hydrogens (tertiary/aromatic N) is 4. The molecule has 0 spiro atoms. The second-order valence-corrected chi connectivity index (χ2v) is 9.13. The number of carbonyl (C=O) groups is 1. The number of ether oxygens (including phenoxy) is 1. The number of fused-ring (bicyclic) bond motifs is 1. The van der Waals surface area contributed by atoms with E-state index in [9.17, 15) is 13.2 Å². The summed E-state index contributed by atoms with van der Waals surface area (Å²) >= 11 is 0. The SMILES string of the molecule is Cc1cccnc1CN1C[C@@H]2OCCS(=O)(=O)N(CC(=O)N(C)C)[C@@H]2C1. The smallest absolute Gasteiger partial charge is 0.237 e. The molecule has 2 aliphatic rings. The third-order valence-corrected chi connectivity index (χ3v) is 6.79. The van der Waals surface area contributed by atoms with E-state index in [4.69, 9.17) is 4.74 Å². The molecule has 1 amide bonds. The van der Waals surface area contributed by atoms with Gasteiger partial charge in [0.15, 0.2) is 0 Å². The van der Waals surface area contributed by atoms with Crippen LogP contribution < -0.4 is 0 Å². The molecule has 144 valence electrons. The molecule has 1 aromatic rings. The number of rotatable bonds is 4. The summed E-state index contributed by atoms with van der Waals surface area (Å²) in [5.74, 6) is -0.312. The summed E-state index contributed by atoms with van der Waals surface area (Å²) in [5, 5.41) is 0. The molecule has 3 rings (SSSR count). The molecule has 0 aliphatic carbocycles. The number of hydrogen-bond acceptors (Lipinski definition) is 6.